The molecule has 0 saturated heterocycles. The van der Waals surface area contributed by atoms with Crippen LogP contribution in [-0.4, -0.2) is 5.78 Å². The number of furan rings is 1. The molecular weight excluding hydrogens is 188 g/mol. The second-order valence-corrected chi connectivity index (χ2v) is 3.27. The third-order valence-corrected chi connectivity index (χ3v) is 2.28. The maximum atomic E-state index is 11.7. The SMILES string of the molecule is C#CCCC(=O)c1coc2ccccc12. The zero-order valence-electron chi connectivity index (χ0n) is 8.19. The van der Waals surface area contributed by atoms with Gasteiger partial charge in [0.15, 0.2) is 5.78 Å². The highest BCUT2D eigenvalue weighted by molar-refractivity contribution is 6.07. The van der Waals surface area contributed by atoms with Crippen LogP contribution in [0.5, 0.6) is 0 Å². The van der Waals surface area contributed by atoms with Gasteiger partial charge in [0.1, 0.15) is 11.8 Å². The highest BCUT2D eigenvalue weighted by Gasteiger charge is 2.11. The molecule has 15 heavy (non-hydrogen) atoms. The highest BCUT2D eigenvalue weighted by atomic mass is 16.3. The zero-order valence-corrected chi connectivity index (χ0v) is 8.19. The lowest BCUT2D eigenvalue weighted by Gasteiger charge is -1.94. The summed E-state index contributed by atoms with van der Waals surface area (Å²) in [6.07, 6.45) is 7.47. The van der Waals surface area contributed by atoms with Gasteiger partial charge in [0, 0.05) is 18.2 Å². The van der Waals surface area contributed by atoms with Gasteiger partial charge in [0.05, 0.1) is 5.56 Å². The van der Waals surface area contributed by atoms with Gasteiger partial charge in [-0.1, -0.05) is 18.2 Å². The van der Waals surface area contributed by atoms with E-state index in [-0.39, 0.29) is 5.78 Å². The van der Waals surface area contributed by atoms with Crippen molar-refractivity contribution in [2.45, 2.75) is 12.8 Å². The maximum absolute atomic E-state index is 11.7. The van der Waals surface area contributed by atoms with Gasteiger partial charge >= 0.3 is 0 Å². The average Bonchev–Trinajstić information content (AvgIpc) is 2.69. The first-order valence-electron chi connectivity index (χ1n) is 4.76. The largest absolute Gasteiger partial charge is 0.464 e. The summed E-state index contributed by atoms with van der Waals surface area (Å²) < 4.78 is 5.28. The molecule has 1 aromatic heterocycles. The molecule has 0 atom stereocenters. The van der Waals surface area contributed by atoms with Gasteiger partial charge in [-0.25, -0.2) is 0 Å². The van der Waals surface area contributed by atoms with E-state index in [0.717, 1.165) is 11.0 Å². The molecule has 74 valence electrons. The topological polar surface area (TPSA) is 30.2 Å². The van der Waals surface area contributed by atoms with Gasteiger partial charge in [-0.2, -0.15) is 0 Å². The van der Waals surface area contributed by atoms with Crippen molar-refractivity contribution in [1.82, 2.24) is 0 Å². The number of hydrogen-bond donors (Lipinski definition) is 0. The van der Waals surface area contributed by atoms with Gasteiger partial charge in [-0.3, -0.25) is 4.79 Å². The molecule has 2 aromatic rings. The van der Waals surface area contributed by atoms with Crippen molar-refractivity contribution < 1.29 is 9.21 Å². The number of carbonyl (C=O) groups is 1. The smallest absolute Gasteiger partial charge is 0.167 e. The van der Waals surface area contributed by atoms with Crippen LogP contribution in [0.15, 0.2) is 34.9 Å². The summed E-state index contributed by atoms with van der Waals surface area (Å²) in [5, 5.41) is 0.861. The van der Waals surface area contributed by atoms with Crippen molar-refractivity contribution in [2.75, 3.05) is 0 Å². The Morgan fingerprint density at radius 3 is 3.00 bits per heavy atom. The van der Waals surface area contributed by atoms with E-state index in [9.17, 15) is 4.79 Å². The molecule has 0 aliphatic heterocycles. The Bertz CT molecular complexity index is 529. The molecule has 0 spiro atoms. The molecule has 0 aliphatic rings. The van der Waals surface area contributed by atoms with Crippen molar-refractivity contribution in [2.24, 2.45) is 0 Å². The molecule has 0 fully saturated rings. The van der Waals surface area contributed by atoms with E-state index in [2.05, 4.69) is 5.92 Å². The molecule has 0 saturated carbocycles. The van der Waals surface area contributed by atoms with Crippen LogP contribution in [0.2, 0.25) is 0 Å². The lowest BCUT2D eigenvalue weighted by molar-refractivity contribution is 0.0985. The van der Waals surface area contributed by atoms with Crippen molar-refractivity contribution >= 4 is 16.8 Å². The lowest BCUT2D eigenvalue weighted by atomic mass is 10.1. The van der Waals surface area contributed by atoms with Gasteiger partial charge in [-0.05, 0) is 6.07 Å². The number of rotatable bonds is 3. The molecule has 0 bridgehead atoms. The Balaban J connectivity index is 2.36. The second-order valence-electron chi connectivity index (χ2n) is 3.27. The molecule has 1 heterocycles. The van der Waals surface area contributed by atoms with E-state index in [1.165, 1.54) is 6.26 Å². The fourth-order valence-electron chi connectivity index (χ4n) is 1.51. The first kappa shape index (κ1) is 9.54. The van der Waals surface area contributed by atoms with Crippen LogP contribution in [0.3, 0.4) is 0 Å². The van der Waals surface area contributed by atoms with Crippen LogP contribution in [0, 0.1) is 12.3 Å². The molecule has 0 N–H and O–H groups in total. The molecule has 2 heteroatoms. The first-order chi connectivity index (χ1) is 7.33. The van der Waals surface area contributed by atoms with Crippen LogP contribution < -0.4 is 0 Å². The Hall–Kier alpha value is -2.01. The monoisotopic (exact) mass is 198 g/mol. The Morgan fingerprint density at radius 2 is 2.20 bits per heavy atom. The Morgan fingerprint density at radius 1 is 1.40 bits per heavy atom. The number of benzene rings is 1. The van der Waals surface area contributed by atoms with Crippen LogP contribution in [0.4, 0.5) is 0 Å². The van der Waals surface area contributed by atoms with Gasteiger partial charge < -0.3 is 4.42 Å². The molecule has 0 unspecified atom stereocenters. The number of terminal acetylenes is 1. The summed E-state index contributed by atoms with van der Waals surface area (Å²) in [5.41, 5.74) is 1.36. The summed E-state index contributed by atoms with van der Waals surface area (Å²) in [5.74, 6) is 2.50. The van der Waals surface area contributed by atoms with Crippen LogP contribution in [-0.2, 0) is 0 Å². The standard InChI is InChI=1S/C13H10O2/c1-2-3-7-12(14)11-9-15-13-8-5-4-6-10(11)13/h1,4-6,8-9H,3,7H2. The molecule has 0 radical (unpaired) electrons. The van der Waals surface area contributed by atoms with Crippen molar-refractivity contribution in [3.8, 4) is 12.3 Å². The molecule has 2 nitrogen and oxygen atoms in total. The van der Waals surface area contributed by atoms with E-state index in [1.807, 2.05) is 24.3 Å². The Kier molecular flexibility index (Phi) is 2.55. The number of ketones is 1. The van der Waals surface area contributed by atoms with Gasteiger partial charge in [0.25, 0.3) is 0 Å². The third kappa shape index (κ3) is 1.77. The predicted octanol–water partition coefficient (Wildman–Crippen LogP) is 3.03. The predicted molar refractivity (Wildman–Crippen MR) is 58.6 cm³/mol. The average molecular weight is 198 g/mol. The zero-order chi connectivity index (χ0) is 10.7. The lowest BCUT2D eigenvalue weighted by Crippen LogP contribution is -1.96. The van der Waals surface area contributed by atoms with Crippen LogP contribution >= 0.6 is 0 Å². The minimum absolute atomic E-state index is 0.0397. The number of fused-ring (bicyclic) bond motifs is 1. The molecule has 1 aromatic carbocycles. The van der Waals surface area contributed by atoms with E-state index in [1.54, 1.807) is 0 Å². The van der Waals surface area contributed by atoms with E-state index in [0.29, 0.717) is 18.4 Å². The Labute approximate surface area is 87.9 Å². The highest BCUT2D eigenvalue weighted by Crippen LogP contribution is 2.22. The van der Waals surface area contributed by atoms with Crippen molar-refractivity contribution in [1.29, 1.82) is 0 Å². The van der Waals surface area contributed by atoms with E-state index >= 15 is 0 Å². The summed E-state index contributed by atoms with van der Waals surface area (Å²) >= 11 is 0. The molecule has 2 rings (SSSR count). The number of hydrogen-bond acceptors (Lipinski definition) is 2. The number of para-hydroxylation sites is 1. The van der Waals surface area contributed by atoms with Crippen molar-refractivity contribution in [3.05, 3.63) is 36.1 Å². The quantitative estimate of drug-likeness (QED) is 0.560. The summed E-state index contributed by atoms with van der Waals surface area (Å²) in [4.78, 5) is 11.7. The first-order valence-corrected chi connectivity index (χ1v) is 4.76. The fraction of sp³-hybridized carbons (Fsp3) is 0.154. The second kappa shape index (κ2) is 4.02. The molecular formula is C13H10O2. The van der Waals surface area contributed by atoms with Crippen molar-refractivity contribution in [3.63, 3.8) is 0 Å². The minimum atomic E-state index is 0.0397. The summed E-state index contributed by atoms with van der Waals surface area (Å²) in [6.45, 7) is 0. The maximum Gasteiger partial charge on any atom is 0.167 e. The summed E-state index contributed by atoms with van der Waals surface area (Å²) in [6, 6.07) is 7.48. The van der Waals surface area contributed by atoms with Crippen LogP contribution in [0.1, 0.15) is 23.2 Å². The normalized spacial score (nSPS) is 10.1. The van der Waals surface area contributed by atoms with Gasteiger partial charge in [-0.15, -0.1) is 12.3 Å². The van der Waals surface area contributed by atoms with E-state index in [4.69, 9.17) is 10.8 Å². The molecule has 0 amide bonds. The molecule has 0 aliphatic carbocycles. The number of carbonyl (C=O) groups excluding carboxylic acids is 1. The minimum Gasteiger partial charge on any atom is -0.464 e. The van der Waals surface area contributed by atoms with Gasteiger partial charge in [0.2, 0.25) is 0 Å². The van der Waals surface area contributed by atoms with Crippen LogP contribution in [0.25, 0.3) is 11.0 Å². The fourth-order valence-corrected chi connectivity index (χ4v) is 1.51. The number of Topliss-reactive ketones (excluding diaryl/α,β-unsaturated/α-hetero) is 1. The summed E-state index contributed by atoms with van der Waals surface area (Å²) in [7, 11) is 0. The van der Waals surface area contributed by atoms with E-state index < -0.39 is 0 Å². The third-order valence-electron chi connectivity index (χ3n) is 2.28.